The number of hydrogen-bond donors (Lipinski definition) is 0. The lowest BCUT2D eigenvalue weighted by atomic mass is 10.5. The third-order valence-electron chi connectivity index (χ3n) is 1.60. The highest BCUT2D eigenvalue weighted by atomic mass is 32.1. The molecule has 2 rings (SSSR count). The Morgan fingerprint density at radius 1 is 1.55 bits per heavy atom. The van der Waals surface area contributed by atoms with Crippen LogP contribution in [0.3, 0.4) is 0 Å². The molecule has 0 atom stereocenters. The number of thiazole rings is 1. The molecule has 0 aliphatic heterocycles. The van der Waals surface area contributed by atoms with Crippen LogP contribution in [0.15, 0.2) is 17.8 Å². The van der Waals surface area contributed by atoms with Crippen molar-refractivity contribution in [3.8, 4) is 0 Å². The zero-order chi connectivity index (χ0) is 7.84. The van der Waals surface area contributed by atoms with Gasteiger partial charge in [0.1, 0.15) is 4.83 Å². The molecule has 0 saturated carbocycles. The van der Waals surface area contributed by atoms with Crippen molar-refractivity contribution in [2.24, 2.45) is 0 Å². The number of anilines is 1. The van der Waals surface area contributed by atoms with Gasteiger partial charge in [-0.25, -0.2) is 4.52 Å². The fourth-order valence-electron chi connectivity index (χ4n) is 1.02. The molecule has 0 aliphatic rings. The van der Waals surface area contributed by atoms with Gasteiger partial charge < -0.3 is 4.90 Å². The fraction of sp³-hybridized carbons (Fsp3) is 0.286. The molecule has 0 radical (unpaired) electrons. The van der Waals surface area contributed by atoms with E-state index >= 15 is 0 Å². The molecule has 2 aromatic rings. The van der Waals surface area contributed by atoms with Crippen molar-refractivity contribution in [1.82, 2.24) is 9.61 Å². The van der Waals surface area contributed by atoms with Crippen molar-refractivity contribution in [3.05, 3.63) is 17.8 Å². The Morgan fingerprint density at radius 3 is 3.09 bits per heavy atom. The van der Waals surface area contributed by atoms with Crippen LogP contribution in [0.25, 0.3) is 4.83 Å². The van der Waals surface area contributed by atoms with E-state index in [1.165, 1.54) is 10.5 Å². The topological polar surface area (TPSA) is 20.5 Å². The first-order chi connectivity index (χ1) is 5.29. The molecular weight excluding hydrogens is 158 g/mol. The summed E-state index contributed by atoms with van der Waals surface area (Å²) in [5, 5.41) is 6.22. The summed E-state index contributed by atoms with van der Waals surface area (Å²) in [5.41, 5.74) is 1.18. The van der Waals surface area contributed by atoms with E-state index in [1.807, 2.05) is 36.4 Å². The van der Waals surface area contributed by atoms with Crippen LogP contribution in [0.2, 0.25) is 0 Å². The summed E-state index contributed by atoms with van der Waals surface area (Å²) in [6.07, 6.45) is 3.85. The molecule has 0 spiro atoms. The van der Waals surface area contributed by atoms with Crippen LogP contribution in [-0.4, -0.2) is 23.7 Å². The Kier molecular flexibility index (Phi) is 1.35. The van der Waals surface area contributed by atoms with E-state index < -0.39 is 0 Å². The normalized spacial score (nSPS) is 10.7. The van der Waals surface area contributed by atoms with Crippen LogP contribution in [0, 0.1) is 0 Å². The Hall–Kier alpha value is -1.03. The third kappa shape index (κ3) is 0.903. The van der Waals surface area contributed by atoms with Crippen molar-refractivity contribution < 1.29 is 0 Å². The summed E-state index contributed by atoms with van der Waals surface area (Å²) in [5.74, 6) is 0. The van der Waals surface area contributed by atoms with E-state index in [0.29, 0.717) is 0 Å². The Bertz CT molecular complexity index is 360. The maximum Gasteiger partial charge on any atom is 0.142 e. The second-order valence-electron chi connectivity index (χ2n) is 2.58. The van der Waals surface area contributed by atoms with Crippen molar-refractivity contribution in [2.75, 3.05) is 19.0 Å². The van der Waals surface area contributed by atoms with Gasteiger partial charge in [-0.15, -0.1) is 11.3 Å². The minimum absolute atomic E-state index is 1.18. The molecule has 0 saturated heterocycles. The molecule has 0 bridgehead atoms. The predicted molar refractivity (Wildman–Crippen MR) is 47.4 cm³/mol. The molecule has 3 nitrogen and oxygen atoms in total. The lowest BCUT2D eigenvalue weighted by molar-refractivity contribution is 0.977. The lowest BCUT2D eigenvalue weighted by Crippen LogP contribution is -2.07. The number of rotatable bonds is 1. The summed E-state index contributed by atoms with van der Waals surface area (Å²) in [6, 6.07) is 0. The highest BCUT2D eigenvalue weighted by Crippen LogP contribution is 2.23. The molecular formula is C7H9N3S. The number of hydrogen-bond acceptors (Lipinski definition) is 3. The van der Waals surface area contributed by atoms with E-state index in [2.05, 4.69) is 10.00 Å². The van der Waals surface area contributed by atoms with Gasteiger partial charge in [0.05, 0.1) is 11.9 Å². The smallest absolute Gasteiger partial charge is 0.142 e. The largest absolute Gasteiger partial charge is 0.374 e. The summed E-state index contributed by atoms with van der Waals surface area (Å²) in [4.78, 5) is 3.27. The fourth-order valence-corrected chi connectivity index (χ4v) is 1.90. The third-order valence-corrected chi connectivity index (χ3v) is 2.47. The highest BCUT2D eigenvalue weighted by molar-refractivity contribution is 7.16. The molecule has 0 aliphatic carbocycles. The second-order valence-corrected chi connectivity index (χ2v) is 3.47. The van der Waals surface area contributed by atoms with Gasteiger partial charge in [-0.1, -0.05) is 0 Å². The van der Waals surface area contributed by atoms with Crippen LogP contribution in [0.1, 0.15) is 0 Å². The predicted octanol–water partition coefficient (Wildman–Crippen LogP) is 1.46. The molecule has 0 N–H and O–H groups in total. The molecule has 0 amide bonds. The molecule has 4 heteroatoms. The maximum atomic E-state index is 4.19. The van der Waals surface area contributed by atoms with Crippen molar-refractivity contribution in [1.29, 1.82) is 0 Å². The molecule has 0 fully saturated rings. The average Bonchev–Trinajstić information content (AvgIpc) is 2.41. The number of fused-ring (bicyclic) bond motifs is 1. The average molecular weight is 167 g/mol. The van der Waals surface area contributed by atoms with Crippen LogP contribution < -0.4 is 4.90 Å². The van der Waals surface area contributed by atoms with Crippen LogP contribution in [0.4, 0.5) is 5.69 Å². The van der Waals surface area contributed by atoms with Gasteiger partial charge in [0.15, 0.2) is 0 Å². The molecule has 58 valence electrons. The SMILES string of the molecule is CN(C)c1cnn2ccsc12. The number of nitrogens with zero attached hydrogens (tertiary/aromatic N) is 3. The van der Waals surface area contributed by atoms with Crippen molar-refractivity contribution in [3.63, 3.8) is 0 Å². The van der Waals surface area contributed by atoms with Gasteiger partial charge in [-0.05, 0) is 0 Å². The first-order valence-electron chi connectivity index (χ1n) is 3.37. The van der Waals surface area contributed by atoms with Crippen molar-refractivity contribution >= 4 is 21.9 Å². The quantitative estimate of drug-likeness (QED) is 0.641. The van der Waals surface area contributed by atoms with Gasteiger partial charge >= 0.3 is 0 Å². The lowest BCUT2D eigenvalue weighted by Gasteiger charge is -2.07. The number of aromatic nitrogens is 2. The van der Waals surface area contributed by atoms with Gasteiger partial charge in [0, 0.05) is 25.7 Å². The second kappa shape index (κ2) is 2.23. The van der Waals surface area contributed by atoms with E-state index in [-0.39, 0.29) is 0 Å². The van der Waals surface area contributed by atoms with E-state index in [1.54, 1.807) is 11.3 Å². The first-order valence-corrected chi connectivity index (χ1v) is 4.25. The van der Waals surface area contributed by atoms with Crippen molar-refractivity contribution in [2.45, 2.75) is 0 Å². The molecule has 2 heterocycles. The summed E-state index contributed by atoms with van der Waals surface area (Å²) >= 11 is 1.71. The van der Waals surface area contributed by atoms with Gasteiger partial charge in [0.25, 0.3) is 0 Å². The highest BCUT2D eigenvalue weighted by Gasteiger charge is 2.04. The summed E-state index contributed by atoms with van der Waals surface area (Å²) in [6.45, 7) is 0. The van der Waals surface area contributed by atoms with Gasteiger partial charge in [-0.2, -0.15) is 5.10 Å². The zero-order valence-corrected chi connectivity index (χ0v) is 7.30. The van der Waals surface area contributed by atoms with E-state index in [0.717, 1.165) is 0 Å². The van der Waals surface area contributed by atoms with E-state index in [9.17, 15) is 0 Å². The Morgan fingerprint density at radius 2 is 2.36 bits per heavy atom. The van der Waals surface area contributed by atoms with Gasteiger partial charge in [-0.3, -0.25) is 0 Å². The summed E-state index contributed by atoms with van der Waals surface area (Å²) in [7, 11) is 4.05. The van der Waals surface area contributed by atoms with Gasteiger partial charge in [0.2, 0.25) is 0 Å². The monoisotopic (exact) mass is 167 g/mol. The standard InChI is InChI=1S/C7H9N3S/c1-9(2)6-5-8-10-3-4-11-7(6)10/h3-5H,1-2H3. The van der Waals surface area contributed by atoms with Crippen LogP contribution in [-0.2, 0) is 0 Å². The minimum atomic E-state index is 1.18. The minimum Gasteiger partial charge on any atom is -0.374 e. The van der Waals surface area contributed by atoms with Crippen LogP contribution in [0.5, 0.6) is 0 Å². The molecule has 2 aromatic heterocycles. The molecule has 11 heavy (non-hydrogen) atoms. The molecule has 0 unspecified atom stereocenters. The van der Waals surface area contributed by atoms with E-state index in [4.69, 9.17) is 0 Å². The maximum absolute atomic E-state index is 4.19. The van der Waals surface area contributed by atoms with Crippen LogP contribution >= 0.6 is 11.3 Å². The molecule has 0 aromatic carbocycles. The Labute approximate surface area is 68.9 Å². The summed E-state index contributed by atoms with van der Waals surface area (Å²) < 4.78 is 1.89. The first kappa shape index (κ1) is 6.67. The zero-order valence-electron chi connectivity index (χ0n) is 6.48. The Balaban J connectivity index is 2.68.